The number of nitriles is 1. The number of aryl methyl sites for hydroxylation is 1. The molecule has 1 aromatic heterocycles. The van der Waals surface area contributed by atoms with Gasteiger partial charge in [0.1, 0.15) is 5.82 Å². The van der Waals surface area contributed by atoms with Crippen molar-refractivity contribution in [3.63, 3.8) is 0 Å². The molecule has 5 rings (SSSR count). The molecule has 0 radical (unpaired) electrons. The molecule has 42 heavy (non-hydrogen) atoms. The number of carbonyl (C=O) groups excluding carboxylic acids is 2. The molecule has 3 N–H and O–H groups in total. The number of hydrogen-bond acceptors (Lipinski definition) is 9. The second kappa shape index (κ2) is 11.7. The van der Waals surface area contributed by atoms with E-state index in [0.717, 1.165) is 22.5 Å². The average molecular weight is 599 g/mol. The predicted molar refractivity (Wildman–Crippen MR) is 168 cm³/mol. The van der Waals surface area contributed by atoms with E-state index in [9.17, 15) is 14.9 Å². The van der Waals surface area contributed by atoms with E-state index in [4.69, 9.17) is 5.73 Å². The van der Waals surface area contributed by atoms with Crippen molar-refractivity contribution in [3.05, 3.63) is 87.9 Å². The monoisotopic (exact) mass is 598 g/mol. The predicted octanol–water partition coefficient (Wildman–Crippen LogP) is 6.64. The normalized spacial score (nSPS) is 18.3. The lowest BCUT2D eigenvalue weighted by atomic mass is 9.68. The first kappa shape index (κ1) is 29.5. The van der Waals surface area contributed by atoms with Crippen molar-refractivity contribution in [3.8, 4) is 6.07 Å². The van der Waals surface area contributed by atoms with Crippen molar-refractivity contribution >= 4 is 45.6 Å². The van der Waals surface area contributed by atoms with Crippen molar-refractivity contribution < 1.29 is 9.59 Å². The number of thioether (sulfide) groups is 1. The number of carbonyl (C=O) groups is 2. The van der Waals surface area contributed by atoms with Crippen molar-refractivity contribution in [2.45, 2.75) is 63.6 Å². The summed E-state index contributed by atoms with van der Waals surface area (Å²) in [6, 6.07) is 18.0. The van der Waals surface area contributed by atoms with Crippen LogP contribution in [0, 0.1) is 23.7 Å². The Morgan fingerprint density at radius 1 is 1.17 bits per heavy atom. The lowest BCUT2D eigenvalue weighted by molar-refractivity contribution is -0.118. The van der Waals surface area contributed by atoms with Crippen LogP contribution in [0.5, 0.6) is 0 Å². The second-order valence-corrected chi connectivity index (χ2v) is 14.0. The van der Waals surface area contributed by atoms with Crippen LogP contribution in [0.1, 0.15) is 69.1 Å². The topological polar surface area (TPSA) is 125 Å². The van der Waals surface area contributed by atoms with E-state index in [1.807, 2.05) is 43.3 Å². The fourth-order valence-corrected chi connectivity index (χ4v) is 7.13. The number of aromatic nitrogens is 2. The number of nitrogens with one attached hydrogen (secondary N) is 1. The number of nitrogens with zero attached hydrogens (tertiary/aromatic N) is 4. The van der Waals surface area contributed by atoms with E-state index in [1.54, 1.807) is 4.90 Å². The van der Waals surface area contributed by atoms with Crippen LogP contribution in [0.3, 0.4) is 0 Å². The minimum atomic E-state index is -0.543. The molecule has 3 aromatic rings. The first-order chi connectivity index (χ1) is 20.0. The third-order valence-electron chi connectivity index (χ3n) is 7.57. The van der Waals surface area contributed by atoms with E-state index < -0.39 is 5.92 Å². The van der Waals surface area contributed by atoms with Gasteiger partial charge in [0.05, 0.1) is 23.3 Å². The van der Waals surface area contributed by atoms with Crippen molar-refractivity contribution in [2.75, 3.05) is 16.0 Å². The van der Waals surface area contributed by atoms with Crippen LogP contribution in [0.25, 0.3) is 0 Å². The van der Waals surface area contributed by atoms with Gasteiger partial charge in [0, 0.05) is 23.4 Å². The molecular formula is C32H34N6O2S2. The molecule has 2 aliphatic rings. The Kier molecular flexibility index (Phi) is 8.26. The summed E-state index contributed by atoms with van der Waals surface area (Å²) in [6.45, 7) is 10.4. The summed E-state index contributed by atoms with van der Waals surface area (Å²) in [7, 11) is 0. The number of rotatable bonds is 7. The number of hydrogen-bond donors (Lipinski definition) is 2. The highest BCUT2D eigenvalue weighted by atomic mass is 32.2. The molecule has 216 valence electrons. The van der Waals surface area contributed by atoms with Crippen LogP contribution in [-0.2, 0) is 9.59 Å². The Labute approximate surface area is 254 Å². The van der Waals surface area contributed by atoms with Crippen LogP contribution >= 0.6 is 23.1 Å². The standard InChI is InChI=1S/C32H34N6O2S2/c1-18(2)20-8-10-21(11-9-20)27-23(16-33)29(34)38(24-14-32(4,5)15-25(39)28(24)27)30-36-37-31(42-30)41-17-26(40)35-22-12-6-19(3)7-13-22/h6-13,18,27H,14-15,17,34H2,1-5H3,(H,35,40). The molecular weight excluding hydrogens is 565 g/mol. The summed E-state index contributed by atoms with van der Waals surface area (Å²) in [5.41, 5.74) is 12.0. The molecule has 2 aromatic carbocycles. The fraction of sp³-hybridized carbons (Fsp3) is 0.344. The van der Waals surface area contributed by atoms with Crippen molar-refractivity contribution in [1.29, 1.82) is 5.26 Å². The van der Waals surface area contributed by atoms with Gasteiger partial charge in [-0.25, -0.2) is 0 Å². The van der Waals surface area contributed by atoms with E-state index in [0.29, 0.717) is 39.4 Å². The number of amides is 1. The highest BCUT2D eigenvalue weighted by Crippen LogP contribution is 2.50. The van der Waals surface area contributed by atoms with E-state index >= 15 is 0 Å². The molecule has 1 unspecified atom stereocenters. The maximum absolute atomic E-state index is 13.8. The van der Waals surface area contributed by atoms with Gasteiger partial charge in [0.25, 0.3) is 0 Å². The molecule has 0 spiro atoms. The molecule has 1 aliphatic heterocycles. The zero-order chi connectivity index (χ0) is 30.2. The molecule has 10 heteroatoms. The number of ketones is 1. The number of benzene rings is 2. The minimum Gasteiger partial charge on any atom is -0.384 e. The van der Waals surface area contributed by atoms with E-state index in [1.165, 1.54) is 28.7 Å². The Morgan fingerprint density at radius 3 is 2.50 bits per heavy atom. The molecule has 0 saturated heterocycles. The minimum absolute atomic E-state index is 0.0105. The Balaban J connectivity index is 1.46. The van der Waals surface area contributed by atoms with Gasteiger partial charge in [0.15, 0.2) is 10.1 Å². The summed E-state index contributed by atoms with van der Waals surface area (Å²) < 4.78 is 0.588. The first-order valence-corrected chi connectivity index (χ1v) is 15.7. The maximum Gasteiger partial charge on any atom is 0.234 e. The van der Waals surface area contributed by atoms with Crippen molar-refractivity contribution in [2.24, 2.45) is 11.1 Å². The Bertz CT molecular complexity index is 1630. The third-order valence-corrected chi connectivity index (χ3v) is 9.61. The molecule has 0 bridgehead atoms. The van der Waals surface area contributed by atoms with Gasteiger partial charge >= 0.3 is 0 Å². The average Bonchev–Trinajstić information content (AvgIpc) is 3.40. The van der Waals surface area contributed by atoms with Gasteiger partial charge in [-0.05, 0) is 47.9 Å². The maximum atomic E-state index is 13.8. The largest absolute Gasteiger partial charge is 0.384 e. The molecule has 0 fully saturated rings. The number of Topliss-reactive ketones (excluding diaryl/α,β-unsaturated/α-hetero) is 1. The van der Waals surface area contributed by atoms with Gasteiger partial charge in [-0.2, -0.15) is 5.26 Å². The summed E-state index contributed by atoms with van der Waals surface area (Å²) in [5.74, 6) is 0.0902. The number of nitrogens with two attached hydrogens (primary N) is 1. The lowest BCUT2D eigenvalue weighted by Crippen LogP contribution is -2.42. The van der Waals surface area contributed by atoms with Gasteiger partial charge in [-0.3, -0.25) is 14.5 Å². The zero-order valence-electron chi connectivity index (χ0n) is 24.4. The zero-order valence-corrected chi connectivity index (χ0v) is 26.0. The number of anilines is 2. The van der Waals surface area contributed by atoms with Gasteiger partial charge < -0.3 is 11.1 Å². The molecule has 1 amide bonds. The lowest BCUT2D eigenvalue weighted by Gasteiger charge is -2.42. The van der Waals surface area contributed by atoms with E-state index in [2.05, 4.69) is 61.4 Å². The highest BCUT2D eigenvalue weighted by molar-refractivity contribution is 8.01. The summed E-state index contributed by atoms with van der Waals surface area (Å²) >= 11 is 2.56. The van der Waals surface area contributed by atoms with Crippen LogP contribution in [0.15, 0.2) is 75.5 Å². The van der Waals surface area contributed by atoms with Crippen LogP contribution in [0.2, 0.25) is 0 Å². The van der Waals surface area contributed by atoms with E-state index in [-0.39, 0.29) is 28.7 Å². The quantitative estimate of drug-likeness (QED) is 0.290. The molecule has 1 atom stereocenters. The van der Waals surface area contributed by atoms with Crippen LogP contribution in [-0.4, -0.2) is 27.6 Å². The van der Waals surface area contributed by atoms with Crippen LogP contribution in [0.4, 0.5) is 10.8 Å². The van der Waals surface area contributed by atoms with Gasteiger partial charge in [0.2, 0.25) is 11.0 Å². The summed E-state index contributed by atoms with van der Waals surface area (Å²) in [4.78, 5) is 28.0. The fourth-order valence-electron chi connectivity index (χ4n) is 5.45. The first-order valence-electron chi connectivity index (χ1n) is 13.9. The Hall–Kier alpha value is -3.94. The van der Waals surface area contributed by atoms with Gasteiger partial charge in [-0.1, -0.05) is 92.8 Å². The number of allylic oxidation sites excluding steroid dienone is 3. The second-order valence-electron chi connectivity index (χ2n) is 11.9. The highest BCUT2D eigenvalue weighted by Gasteiger charge is 2.45. The molecule has 0 saturated carbocycles. The Morgan fingerprint density at radius 2 is 1.86 bits per heavy atom. The molecule has 2 heterocycles. The third kappa shape index (κ3) is 5.98. The molecule has 1 aliphatic carbocycles. The summed E-state index contributed by atoms with van der Waals surface area (Å²) in [6.07, 6.45) is 0.973. The summed E-state index contributed by atoms with van der Waals surface area (Å²) in [5, 5.41) is 22.4. The molecule has 8 nitrogen and oxygen atoms in total. The van der Waals surface area contributed by atoms with Crippen LogP contribution < -0.4 is 16.0 Å². The SMILES string of the molecule is Cc1ccc(NC(=O)CSc2nnc(N3C(N)=C(C#N)C(c4ccc(C(C)C)cc4)C4=C3CC(C)(C)CC4=O)s2)cc1. The van der Waals surface area contributed by atoms with Gasteiger partial charge in [-0.15, -0.1) is 10.2 Å². The smallest absolute Gasteiger partial charge is 0.234 e. The van der Waals surface area contributed by atoms with Crippen molar-refractivity contribution in [1.82, 2.24) is 10.2 Å².